The Bertz CT molecular complexity index is 530. The van der Waals surface area contributed by atoms with Crippen LogP contribution >= 0.6 is 23.2 Å². The average molecular weight is 326 g/mol. The summed E-state index contributed by atoms with van der Waals surface area (Å²) in [4.78, 5) is 14.9. The quantitative estimate of drug-likeness (QED) is 0.742. The van der Waals surface area contributed by atoms with Crippen molar-refractivity contribution in [2.24, 2.45) is 5.92 Å². The van der Waals surface area contributed by atoms with Gasteiger partial charge in [-0.25, -0.2) is 0 Å². The van der Waals surface area contributed by atoms with Gasteiger partial charge in [-0.15, -0.1) is 0 Å². The monoisotopic (exact) mass is 325 g/mol. The molecule has 1 saturated carbocycles. The number of carbonyl (C=O) groups is 1. The fourth-order valence-electron chi connectivity index (χ4n) is 3.87. The topological polar surface area (TPSA) is 20.3 Å². The first-order valence-electron chi connectivity index (χ1n) is 7.87. The highest BCUT2D eigenvalue weighted by Gasteiger charge is 2.33. The Hall–Kier alpha value is -0.570. The molecule has 0 spiro atoms. The molecule has 0 bridgehead atoms. The first kappa shape index (κ1) is 15.3. The summed E-state index contributed by atoms with van der Waals surface area (Å²) in [6, 6.07) is 5.78. The molecule has 1 aliphatic heterocycles. The standard InChI is InChI=1S/C17H21Cl2NO/c18-14-8-7-13(10-15(14)19)17(21)11-20-9-3-5-12-4-1-2-6-16(12)20/h7-8,10,12,16H,1-6,9,11H2/t12-,16-/m1/s1. The number of ketones is 1. The third kappa shape index (κ3) is 3.44. The summed E-state index contributed by atoms with van der Waals surface area (Å²) in [6.45, 7) is 1.56. The van der Waals surface area contributed by atoms with E-state index >= 15 is 0 Å². The maximum Gasteiger partial charge on any atom is 0.176 e. The molecule has 2 fully saturated rings. The van der Waals surface area contributed by atoms with Gasteiger partial charge in [0.25, 0.3) is 0 Å². The fraction of sp³-hybridized carbons (Fsp3) is 0.588. The molecule has 4 heteroatoms. The molecule has 0 amide bonds. The second kappa shape index (κ2) is 6.68. The van der Waals surface area contributed by atoms with Gasteiger partial charge in [-0.3, -0.25) is 9.69 Å². The molecule has 1 heterocycles. The second-order valence-corrected chi connectivity index (χ2v) is 7.09. The molecule has 114 valence electrons. The van der Waals surface area contributed by atoms with Gasteiger partial charge in [-0.1, -0.05) is 36.0 Å². The summed E-state index contributed by atoms with van der Waals surface area (Å²) in [5, 5.41) is 0.954. The maximum absolute atomic E-state index is 12.5. The normalized spacial score (nSPS) is 26.4. The van der Waals surface area contributed by atoms with Crippen LogP contribution in [0.3, 0.4) is 0 Å². The van der Waals surface area contributed by atoms with Gasteiger partial charge >= 0.3 is 0 Å². The average Bonchev–Trinajstić information content (AvgIpc) is 2.50. The van der Waals surface area contributed by atoms with Gasteiger partial charge in [0.15, 0.2) is 5.78 Å². The lowest BCUT2D eigenvalue weighted by molar-refractivity contribution is 0.0539. The number of benzene rings is 1. The van der Waals surface area contributed by atoms with E-state index < -0.39 is 0 Å². The van der Waals surface area contributed by atoms with Crippen LogP contribution in [0.1, 0.15) is 48.9 Å². The number of hydrogen-bond acceptors (Lipinski definition) is 2. The van der Waals surface area contributed by atoms with Gasteiger partial charge in [-0.2, -0.15) is 0 Å². The van der Waals surface area contributed by atoms with Crippen molar-refractivity contribution in [2.75, 3.05) is 13.1 Å². The number of nitrogens with zero attached hydrogens (tertiary/aromatic N) is 1. The Morgan fingerprint density at radius 2 is 1.86 bits per heavy atom. The largest absolute Gasteiger partial charge is 0.293 e. The molecule has 1 aliphatic carbocycles. The summed E-state index contributed by atoms with van der Waals surface area (Å²) in [6.07, 6.45) is 7.80. The highest BCUT2D eigenvalue weighted by atomic mass is 35.5. The minimum atomic E-state index is 0.153. The predicted octanol–water partition coefficient (Wildman–Crippen LogP) is 4.83. The smallest absolute Gasteiger partial charge is 0.176 e. The van der Waals surface area contributed by atoms with E-state index in [0.29, 0.717) is 28.2 Å². The summed E-state index contributed by atoms with van der Waals surface area (Å²) in [5.41, 5.74) is 0.669. The minimum Gasteiger partial charge on any atom is -0.293 e. The van der Waals surface area contributed by atoms with E-state index in [1.165, 1.54) is 38.5 Å². The van der Waals surface area contributed by atoms with Crippen molar-refractivity contribution >= 4 is 29.0 Å². The molecule has 1 saturated heterocycles. The molecule has 2 atom stereocenters. The number of halogens is 2. The first-order chi connectivity index (χ1) is 10.1. The highest BCUT2D eigenvalue weighted by Crippen LogP contribution is 2.35. The zero-order valence-corrected chi connectivity index (χ0v) is 13.7. The molecule has 0 aromatic heterocycles. The van der Waals surface area contributed by atoms with E-state index in [-0.39, 0.29) is 5.78 Å². The van der Waals surface area contributed by atoms with Crippen LogP contribution in [0.4, 0.5) is 0 Å². The van der Waals surface area contributed by atoms with Crippen LogP contribution < -0.4 is 0 Å². The van der Waals surface area contributed by atoms with Crippen LogP contribution in [0.2, 0.25) is 10.0 Å². The third-order valence-corrected chi connectivity index (χ3v) is 5.69. The van der Waals surface area contributed by atoms with Crippen molar-refractivity contribution in [3.63, 3.8) is 0 Å². The molecule has 0 unspecified atom stereocenters. The molecule has 2 aliphatic rings. The zero-order chi connectivity index (χ0) is 14.8. The lowest BCUT2D eigenvalue weighted by atomic mass is 9.78. The molecule has 0 N–H and O–H groups in total. The molecule has 2 nitrogen and oxygen atoms in total. The maximum atomic E-state index is 12.5. The molecular weight excluding hydrogens is 305 g/mol. The molecule has 0 radical (unpaired) electrons. The van der Waals surface area contributed by atoms with E-state index in [9.17, 15) is 4.79 Å². The van der Waals surface area contributed by atoms with E-state index in [4.69, 9.17) is 23.2 Å². The van der Waals surface area contributed by atoms with Crippen LogP contribution in [0.5, 0.6) is 0 Å². The van der Waals surface area contributed by atoms with E-state index in [2.05, 4.69) is 4.90 Å². The Morgan fingerprint density at radius 3 is 2.67 bits per heavy atom. The Morgan fingerprint density at radius 1 is 1.10 bits per heavy atom. The highest BCUT2D eigenvalue weighted by molar-refractivity contribution is 6.42. The van der Waals surface area contributed by atoms with Crippen molar-refractivity contribution in [1.82, 2.24) is 4.90 Å². The number of Topliss-reactive ketones (excluding diaryl/α,β-unsaturated/α-hetero) is 1. The van der Waals surface area contributed by atoms with Crippen LogP contribution in [0.15, 0.2) is 18.2 Å². The van der Waals surface area contributed by atoms with Crippen molar-refractivity contribution in [3.8, 4) is 0 Å². The SMILES string of the molecule is O=C(CN1CCC[C@H]2CCCC[C@H]21)c1ccc(Cl)c(Cl)c1. The van der Waals surface area contributed by atoms with Gasteiger partial charge < -0.3 is 0 Å². The number of hydrogen-bond donors (Lipinski definition) is 0. The first-order valence-corrected chi connectivity index (χ1v) is 8.63. The summed E-state index contributed by atoms with van der Waals surface area (Å²) in [5.74, 6) is 0.953. The number of piperidine rings is 1. The lowest BCUT2D eigenvalue weighted by Crippen LogP contribution is -2.48. The number of carbonyl (C=O) groups excluding carboxylic acids is 1. The fourth-order valence-corrected chi connectivity index (χ4v) is 4.17. The van der Waals surface area contributed by atoms with Crippen molar-refractivity contribution in [3.05, 3.63) is 33.8 Å². The molecule has 3 rings (SSSR count). The third-order valence-electron chi connectivity index (χ3n) is 4.95. The van der Waals surface area contributed by atoms with E-state index in [1.807, 2.05) is 0 Å². The summed E-state index contributed by atoms with van der Waals surface area (Å²) >= 11 is 11.9. The van der Waals surface area contributed by atoms with Crippen molar-refractivity contribution in [1.29, 1.82) is 0 Å². The van der Waals surface area contributed by atoms with Gasteiger partial charge in [-0.05, 0) is 56.3 Å². The molecule has 21 heavy (non-hydrogen) atoms. The van der Waals surface area contributed by atoms with Crippen LogP contribution in [0, 0.1) is 5.92 Å². The Labute approximate surface area is 136 Å². The lowest BCUT2D eigenvalue weighted by Gasteiger charge is -2.43. The van der Waals surface area contributed by atoms with Crippen LogP contribution in [0.25, 0.3) is 0 Å². The second-order valence-electron chi connectivity index (χ2n) is 6.28. The van der Waals surface area contributed by atoms with E-state index in [0.717, 1.165) is 12.5 Å². The van der Waals surface area contributed by atoms with Gasteiger partial charge in [0, 0.05) is 11.6 Å². The summed E-state index contributed by atoms with van der Waals surface area (Å²) < 4.78 is 0. The van der Waals surface area contributed by atoms with Crippen LogP contribution in [-0.2, 0) is 0 Å². The number of likely N-dealkylation sites (tertiary alicyclic amines) is 1. The van der Waals surface area contributed by atoms with Gasteiger partial charge in [0.1, 0.15) is 0 Å². The molecular formula is C17H21Cl2NO. The van der Waals surface area contributed by atoms with Gasteiger partial charge in [0.05, 0.1) is 16.6 Å². The molecule has 1 aromatic carbocycles. The minimum absolute atomic E-state index is 0.153. The van der Waals surface area contributed by atoms with E-state index in [1.54, 1.807) is 18.2 Å². The van der Waals surface area contributed by atoms with Crippen molar-refractivity contribution < 1.29 is 4.79 Å². The number of fused-ring (bicyclic) bond motifs is 1. The zero-order valence-electron chi connectivity index (χ0n) is 12.2. The van der Waals surface area contributed by atoms with Crippen LogP contribution in [-0.4, -0.2) is 29.8 Å². The Kier molecular flexibility index (Phi) is 4.88. The van der Waals surface area contributed by atoms with Gasteiger partial charge in [0.2, 0.25) is 0 Å². The van der Waals surface area contributed by atoms with Crippen molar-refractivity contribution in [2.45, 2.75) is 44.6 Å². The summed E-state index contributed by atoms with van der Waals surface area (Å²) in [7, 11) is 0. The number of rotatable bonds is 3. The Balaban J connectivity index is 1.69. The predicted molar refractivity (Wildman–Crippen MR) is 87.3 cm³/mol. The molecule has 1 aromatic rings.